The second-order valence-corrected chi connectivity index (χ2v) is 7.00. The van der Waals surface area contributed by atoms with Crippen LogP contribution >= 0.6 is 0 Å². The molecule has 1 aromatic heterocycles. The van der Waals surface area contributed by atoms with Crippen molar-refractivity contribution in [3.63, 3.8) is 0 Å². The first-order valence-corrected chi connectivity index (χ1v) is 9.37. The topological polar surface area (TPSA) is 53.1 Å². The van der Waals surface area contributed by atoms with Crippen LogP contribution in [0.5, 0.6) is 0 Å². The quantitative estimate of drug-likeness (QED) is 0.556. The monoisotopic (exact) mass is 379 g/mol. The molecule has 2 N–H and O–H groups in total. The summed E-state index contributed by atoms with van der Waals surface area (Å²) in [5, 5.41) is 6.57. The van der Waals surface area contributed by atoms with Gasteiger partial charge in [0, 0.05) is 23.9 Å². The lowest BCUT2D eigenvalue weighted by Gasteiger charge is -2.13. The number of nitrogens with one attached hydrogen (secondary N) is 2. The minimum atomic E-state index is -0.221. The Morgan fingerprint density at radius 1 is 1.00 bits per heavy atom. The number of hydrogen-bond acceptors (Lipinski definition) is 5. The molecule has 5 nitrogen and oxygen atoms in total. The Bertz CT molecular complexity index is 912. The number of aromatic nitrogens is 2. The normalized spacial score (nSPS) is 10.9. The summed E-state index contributed by atoms with van der Waals surface area (Å²) in [6, 6.07) is 16.8. The molecule has 3 rings (SSSR count). The van der Waals surface area contributed by atoms with Crippen molar-refractivity contribution in [2.75, 3.05) is 37.8 Å². The van der Waals surface area contributed by atoms with E-state index >= 15 is 0 Å². The van der Waals surface area contributed by atoms with Crippen molar-refractivity contribution in [2.24, 2.45) is 0 Å². The van der Waals surface area contributed by atoms with E-state index in [1.54, 1.807) is 19.1 Å². The summed E-state index contributed by atoms with van der Waals surface area (Å²) < 4.78 is 13.5. The number of halogens is 1. The third kappa shape index (κ3) is 5.50. The molecule has 0 aliphatic heterocycles. The highest BCUT2D eigenvalue weighted by molar-refractivity contribution is 5.67. The summed E-state index contributed by atoms with van der Waals surface area (Å²) in [6.07, 6.45) is 0.992. The van der Waals surface area contributed by atoms with E-state index in [0.717, 1.165) is 36.5 Å². The van der Waals surface area contributed by atoms with Gasteiger partial charge in [0.25, 0.3) is 0 Å². The minimum Gasteiger partial charge on any atom is -0.354 e. The highest BCUT2D eigenvalue weighted by Crippen LogP contribution is 2.24. The SMILES string of the molecule is Cc1cc(Nc2cc(-c3ccccc3)nc(NCCCN(C)C)n2)ccc1F. The first-order chi connectivity index (χ1) is 13.5. The van der Waals surface area contributed by atoms with Crippen molar-refractivity contribution >= 4 is 17.5 Å². The van der Waals surface area contributed by atoms with E-state index in [-0.39, 0.29) is 5.82 Å². The van der Waals surface area contributed by atoms with Crippen LogP contribution < -0.4 is 10.6 Å². The summed E-state index contributed by atoms with van der Waals surface area (Å²) in [5.41, 5.74) is 3.21. The predicted molar refractivity (Wildman–Crippen MR) is 114 cm³/mol. The van der Waals surface area contributed by atoms with Crippen LogP contribution in [0.15, 0.2) is 54.6 Å². The molecule has 0 bridgehead atoms. The van der Waals surface area contributed by atoms with E-state index in [9.17, 15) is 4.39 Å². The molecular formula is C22H26FN5. The highest BCUT2D eigenvalue weighted by Gasteiger charge is 2.08. The van der Waals surface area contributed by atoms with Crippen molar-refractivity contribution in [1.82, 2.24) is 14.9 Å². The van der Waals surface area contributed by atoms with Gasteiger partial charge in [-0.2, -0.15) is 4.98 Å². The molecule has 0 aliphatic rings. The zero-order valence-corrected chi connectivity index (χ0v) is 16.5. The number of hydrogen-bond donors (Lipinski definition) is 2. The summed E-state index contributed by atoms with van der Waals surface area (Å²) >= 11 is 0. The van der Waals surface area contributed by atoms with Crippen LogP contribution in [0.1, 0.15) is 12.0 Å². The van der Waals surface area contributed by atoms with Crippen molar-refractivity contribution in [3.05, 3.63) is 66.0 Å². The molecule has 0 atom stereocenters. The van der Waals surface area contributed by atoms with Gasteiger partial charge in [0.15, 0.2) is 0 Å². The lowest BCUT2D eigenvalue weighted by Crippen LogP contribution is -2.17. The lowest BCUT2D eigenvalue weighted by atomic mass is 10.1. The Morgan fingerprint density at radius 3 is 2.50 bits per heavy atom. The molecule has 0 unspecified atom stereocenters. The van der Waals surface area contributed by atoms with Gasteiger partial charge < -0.3 is 15.5 Å². The summed E-state index contributed by atoms with van der Waals surface area (Å²) in [4.78, 5) is 11.4. The van der Waals surface area contributed by atoms with Crippen LogP contribution in [0.4, 0.5) is 21.8 Å². The van der Waals surface area contributed by atoms with Crippen LogP contribution in [0.2, 0.25) is 0 Å². The molecule has 3 aromatic rings. The number of anilines is 3. The molecule has 0 saturated carbocycles. The molecule has 0 amide bonds. The van der Waals surface area contributed by atoms with Crippen LogP contribution in [-0.2, 0) is 0 Å². The fourth-order valence-corrected chi connectivity index (χ4v) is 2.81. The van der Waals surface area contributed by atoms with Crippen molar-refractivity contribution < 1.29 is 4.39 Å². The molecule has 0 spiro atoms. The lowest BCUT2D eigenvalue weighted by molar-refractivity contribution is 0.405. The largest absolute Gasteiger partial charge is 0.354 e. The first kappa shape index (κ1) is 19.8. The van der Waals surface area contributed by atoms with E-state index in [1.807, 2.05) is 36.4 Å². The first-order valence-electron chi connectivity index (χ1n) is 9.37. The molecule has 1 heterocycles. The Labute approximate surface area is 165 Å². The van der Waals surface area contributed by atoms with E-state index in [2.05, 4.69) is 39.6 Å². The van der Waals surface area contributed by atoms with Gasteiger partial charge in [0.1, 0.15) is 11.6 Å². The van der Waals surface area contributed by atoms with Crippen molar-refractivity contribution in [2.45, 2.75) is 13.3 Å². The zero-order chi connectivity index (χ0) is 19.9. The Hall–Kier alpha value is -2.99. The molecule has 146 valence electrons. The smallest absolute Gasteiger partial charge is 0.225 e. The maximum Gasteiger partial charge on any atom is 0.225 e. The molecule has 2 aromatic carbocycles. The van der Waals surface area contributed by atoms with Gasteiger partial charge in [-0.3, -0.25) is 0 Å². The number of rotatable bonds is 8. The summed E-state index contributed by atoms with van der Waals surface area (Å²) in [6.45, 7) is 3.52. The van der Waals surface area contributed by atoms with Crippen LogP contribution in [0.3, 0.4) is 0 Å². The van der Waals surface area contributed by atoms with Gasteiger partial charge in [0.2, 0.25) is 5.95 Å². The maximum atomic E-state index is 13.5. The molecule has 28 heavy (non-hydrogen) atoms. The van der Waals surface area contributed by atoms with E-state index in [0.29, 0.717) is 17.3 Å². The number of aryl methyl sites for hydroxylation is 1. The molecule has 6 heteroatoms. The third-order valence-corrected chi connectivity index (χ3v) is 4.29. The fraction of sp³-hybridized carbons (Fsp3) is 0.273. The molecule has 0 aliphatic carbocycles. The van der Waals surface area contributed by atoms with Gasteiger partial charge in [-0.15, -0.1) is 0 Å². The van der Waals surface area contributed by atoms with Crippen molar-refractivity contribution in [3.8, 4) is 11.3 Å². The predicted octanol–water partition coefficient (Wildman–Crippen LogP) is 4.70. The Kier molecular flexibility index (Phi) is 6.55. The average Bonchev–Trinajstić information content (AvgIpc) is 2.68. The Balaban J connectivity index is 1.85. The third-order valence-electron chi connectivity index (χ3n) is 4.29. The van der Waals surface area contributed by atoms with E-state index in [4.69, 9.17) is 0 Å². The van der Waals surface area contributed by atoms with E-state index in [1.165, 1.54) is 6.07 Å². The minimum absolute atomic E-state index is 0.221. The standard InChI is InChI=1S/C22H26FN5/c1-16-14-18(10-11-19(16)23)25-21-15-20(17-8-5-4-6-9-17)26-22(27-21)24-12-7-13-28(2)3/h4-6,8-11,14-15H,7,12-13H2,1-3H3,(H2,24,25,26,27). The number of nitrogens with zero attached hydrogens (tertiary/aromatic N) is 3. The molecule has 0 fully saturated rings. The molecule has 0 radical (unpaired) electrons. The van der Waals surface area contributed by atoms with Gasteiger partial charge in [-0.25, -0.2) is 9.37 Å². The van der Waals surface area contributed by atoms with Crippen LogP contribution in [0.25, 0.3) is 11.3 Å². The van der Waals surface area contributed by atoms with Crippen molar-refractivity contribution in [1.29, 1.82) is 0 Å². The fourth-order valence-electron chi connectivity index (χ4n) is 2.81. The van der Waals surface area contributed by atoms with Crippen LogP contribution in [-0.4, -0.2) is 42.1 Å². The van der Waals surface area contributed by atoms with E-state index < -0.39 is 0 Å². The van der Waals surface area contributed by atoms with Crippen LogP contribution in [0, 0.1) is 12.7 Å². The average molecular weight is 379 g/mol. The van der Waals surface area contributed by atoms with Gasteiger partial charge in [-0.1, -0.05) is 30.3 Å². The summed E-state index contributed by atoms with van der Waals surface area (Å²) in [7, 11) is 4.11. The molecular weight excluding hydrogens is 353 g/mol. The zero-order valence-electron chi connectivity index (χ0n) is 16.5. The summed E-state index contributed by atoms with van der Waals surface area (Å²) in [5.74, 6) is 1.01. The second kappa shape index (κ2) is 9.28. The molecule has 0 saturated heterocycles. The van der Waals surface area contributed by atoms with Gasteiger partial charge in [0.05, 0.1) is 5.69 Å². The second-order valence-electron chi connectivity index (χ2n) is 7.00. The van der Waals surface area contributed by atoms with Gasteiger partial charge >= 0.3 is 0 Å². The maximum absolute atomic E-state index is 13.5. The Morgan fingerprint density at radius 2 is 1.79 bits per heavy atom. The van der Waals surface area contributed by atoms with Gasteiger partial charge in [-0.05, 0) is 57.7 Å². The number of benzene rings is 2. The highest BCUT2D eigenvalue weighted by atomic mass is 19.1.